The minimum atomic E-state index is -3.36. The van der Waals surface area contributed by atoms with Gasteiger partial charge in [0.25, 0.3) is 0 Å². The number of para-hydroxylation sites is 1. The standard InChI is InChI=1S/C14H11ClN2O3S/c1-21(19,20)12-4-2-3-10-13(12)17-14(16-10)8-5-6-11(18)9(15)7-8/h2-7,18H,1H3,(H,16,17). The Bertz CT molecular complexity index is 948. The largest absolute Gasteiger partial charge is 0.506 e. The van der Waals surface area contributed by atoms with Crippen molar-refractivity contribution in [3.63, 3.8) is 0 Å². The quantitative estimate of drug-likeness (QED) is 0.759. The average molecular weight is 323 g/mol. The van der Waals surface area contributed by atoms with Gasteiger partial charge >= 0.3 is 0 Å². The predicted molar refractivity (Wildman–Crippen MR) is 81.3 cm³/mol. The van der Waals surface area contributed by atoms with Crippen LogP contribution in [-0.2, 0) is 9.84 Å². The average Bonchev–Trinajstić information content (AvgIpc) is 2.84. The van der Waals surface area contributed by atoms with Crippen molar-refractivity contribution in [2.75, 3.05) is 6.26 Å². The van der Waals surface area contributed by atoms with Gasteiger partial charge in [0.05, 0.1) is 15.4 Å². The number of halogens is 1. The van der Waals surface area contributed by atoms with E-state index in [1.807, 2.05) is 0 Å². The van der Waals surface area contributed by atoms with E-state index in [1.54, 1.807) is 24.3 Å². The van der Waals surface area contributed by atoms with Crippen LogP contribution in [0.25, 0.3) is 22.4 Å². The predicted octanol–water partition coefficient (Wildman–Crippen LogP) is 2.99. The molecule has 3 aromatic rings. The lowest BCUT2D eigenvalue weighted by Gasteiger charge is -1.99. The molecule has 0 aliphatic carbocycles. The highest BCUT2D eigenvalue weighted by Crippen LogP contribution is 2.30. The molecule has 0 aliphatic rings. The summed E-state index contributed by atoms with van der Waals surface area (Å²) in [7, 11) is -3.36. The number of imidazole rings is 1. The van der Waals surface area contributed by atoms with Crippen LogP contribution >= 0.6 is 11.6 Å². The Morgan fingerprint density at radius 2 is 2.00 bits per heavy atom. The van der Waals surface area contributed by atoms with E-state index in [4.69, 9.17) is 11.6 Å². The van der Waals surface area contributed by atoms with Gasteiger partial charge in [0, 0.05) is 11.8 Å². The van der Waals surface area contributed by atoms with E-state index in [9.17, 15) is 13.5 Å². The Morgan fingerprint density at radius 1 is 1.24 bits per heavy atom. The molecule has 0 spiro atoms. The Kier molecular flexibility index (Phi) is 3.15. The number of hydrogen-bond acceptors (Lipinski definition) is 4. The van der Waals surface area contributed by atoms with E-state index in [-0.39, 0.29) is 15.7 Å². The van der Waals surface area contributed by atoms with Crippen LogP contribution in [0.4, 0.5) is 0 Å². The second-order valence-corrected chi connectivity index (χ2v) is 7.07. The minimum absolute atomic E-state index is 0.0200. The van der Waals surface area contributed by atoms with Gasteiger partial charge in [0.1, 0.15) is 17.1 Å². The van der Waals surface area contributed by atoms with Crippen molar-refractivity contribution in [3.05, 3.63) is 41.4 Å². The summed E-state index contributed by atoms with van der Waals surface area (Å²) in [6.45, 7) is 0. The molecule has 0 radical (unpaired) electrons. The number of nitrogens with zero attached hydrogens (tertiary/aromatic N) is 1. The number of benzene rings is 2. The van der Waals surface area contributed by atoms with Crippen molar-refractivity contribution in [1.82, 2.24) is 9.97 Å². The van der Waals surface area contributed by atoms with Crippen LogP contribution in [-0.4, -0.2) is 29.7 Å². The SMILES string of the molecule is CS(=O)(=O)c1cccc2[nH]c(-c3ccc(O)c(Cl)c3)nc12. The normalized spacial score (nSPS) is 11.9. The van der Waals surface area contributed by atoms with Gasteiger partial charge in [-0.2, -0.15) is 0 Å². The van der Waals surface area contributed by atoms with Gasteiger partial charge in [-0.3, -0.25) is 0 Å². The number of rotatable bonds is 2. The number of H-pyrrole nitrogens is 1. The fourth-order valence-electron chi connectivity index (χ4n) is 2.10. The molecular weight excluding hydrogens is 312 g/mol. The number of hydrogen-bond donors (Lipinski definition) is 2. The first-order valence-electron chi connectivity index (χ1n) is 6.04. The number of aromatic amines is 1. The number of aromatic nitrogens is 2. The molecule has 108 valence electrons. The molecule has 1 heterocycles. The van der Waals surface area contributed by atoms with Crippen molar-refractivity contribution in [2.45, 2.75) is 4.90 Å². The summed E-state index contributed by atoms with van der Waals surface area (Å²) in [5.41, 5.74) is 1.67. The minimum Gasteiger partial charge on any atom is -0.506 e. The number of sulfone groups is 1. The highest BCUT2D eigenvalue weighted by atomic mass is 35.5. The second kappa shape index (κ2) is 4.75. The molecule has 2 N–H and O–H groups in total. The third kappa shape index (κ3) is 2.48. The lowest BCUT2D eigenvalue weighted by molar-refractivity contribution is 0.475. The van der Waals surface area contributed by atoms with Crippen LogP contribution in [0.2, 0.25) is 5.02 Å². The first-order valence-corrected chi connectivity index (χ1v) is 8.31. The van der Waals surface area contributed by atoms with E-state index >= 15 is 0 Å². The Labute approximate surface area is 126 Å². The molecule has 5 nitrogen and oxygen atoms in total. The van der Waals surface area contributed by atoms with Crippen molar-refractivity contribution in [1.29, 1.82) is 0 Å². The summed E-state index contributed by atoms with van der Waals surface area (Å²) in [5.74, 6) is 0.469. The van der Waals surface area contributed by atoms with Crippen LogP contribution in [0.1, 0.15) is 0 Å². The van der Waals surface area contributed by atoms with Gasteiger partial charge in [-0.15, -0.1) is 0 Å². The zero-order chi connectivity index (χ0) is 15.2. The molecule has 0 fully saturated rings. The summed E-state index contributed by atoms with van der Waals surface area (Å²) in [4.78, 5) is 7.57. The van der Waals surface area contributed by atoms with Crippen LogP contribution in [0.15, 0.2) is 41.3 Å². The first kappa shape index (κ1) is 13.9. The van der Waals surface area contributed by atoms with Gasteiger partial charge < -0.3 is 10.1 Å². The molecule has 0 unspecified atom stereocenters. The molecular formula is C14H11ClN2O3S. The molecule has 0 saturated heterocycles. The third-order valence-electron chi connectivity index (χ3n) is 3.10. The van der Waals surface area contributed by atoms with Crippen LogP contribution < -0.4 is 0 Å². The van der Waals surface area contributed by atoms with Gasteiger partial charge in [-0.25, -0.2) is 13.4 Å². The number of phenols is 1. The fraction of sp³-hybridized carbons (Fsp3) is 0.0714. The maximum absolute atomic E-state index is 11.8. The van der Waals surface area contributed by atoms with E-state index in [2.05, 4.69) is 9.97 Å². The van der Waals surface area contributed by atoms with Crippen molar-refractivity contribution < 1.29 is 13.5 Å². The van der Waals surface area contributed by atoms with E-state index in [0.717, 1.165) is 6.26 Å². The van der Waals surface area contributed by atoms with Gasteiger partial charge in [0.15, 0.2) is 9.84 Å². The number of nitrogens with one attached hydrogen (secondary N) is 1. The number of fused-ring (bicyclic) bond motifs is 1. The van der Waals surface area contributed by atoms with Gasteiger partial charge in [0.2, 0.25) is 0 Å². The monoisotopic (exact) mass is 322 g/mol. The summed E-state index contributed by atoms with van der Waals surface area (Å²) in [5, 5.41) is 9.64. The maximum Gasteiger partial charge on any atom is 0.177 e. The summed E-state index contributed by atoms with van der Waals surface area (Å²) in [6, 6.07) is 9.61. The molecule has 7 heteroatoms. The molecule has 0 saturated carbocycles. The smallest absolute Gasteiger partial charge is 0.177 e. The van der Waals surface area contributed by atoms with Gasteiger partial charge in [-0.05, 0) is 30.3 Å². The van der Waals surface area contributed by atoms with E-state index < -0.39 is 9.84 Å². The highest BCUT2D eigenvalue weighted by molar-refractivity contribution is 7.91. The lowest BCUT2D eigenvalue weighted by Crippen LogP contribution is -1.97. The topological polar surface area (TPSA) is 83.0 Å². The summed E-state index contributed by atoms with van der Waals surface area (Å²) >= 11 is 5.88. The molecule has 0 amide bonds. The third-order valence-corrected chi connectivity index (χ3v) is 4.53. The van der Waals surface area contributed by atoms with E-state index in [1.165, 1.54) is 12.1 Å². The van der Waals surface area contributed by atoms with Crippen molar-refractivity contribution in [2.24, 2.45) is 0 Å². The zero-order valence-corrected chi connectivity index (χ0v) is 12.5. The second-order valence-electron chi connectivity index (χ2n) is 4.68. The number of phenolic OH excluding ortho intramolecular Hbond substituents is 1. The summed E-state index contributed by atoms with van der Waals surface area (Å²) in [6.07, 6.45) is 1.15. The Morgan fingerprint density at radius 3 is 2.67 bits per heavy atom. The molecule has 0 aliphatic heterocycles. The number of aromatic hydroxyl groups is 1. The molecule has 0 atom stereocenters. The molecule has 3 rings (SSSR count). The summed E-state index contributed by atoms with van der Waals surface area (Å²) < 4.78 is 23.6. The Balaban J connectivity index is 2.24. The first-order chi connectivity index (χ1) is 9.86. The van der Waals surface area contributed by atoms with Gasteiger partial charge in [-0.1, -0.05) is 17.7 Å². The lowest BCUT2D eigenvalue weighted by atomic mass is 10.2. The Hall–Kier alpha value is -2.05. The van der Waals surface area contributed by atoms with Crippen LogP contribution in [0.3, 0.4) is 0 Å². The maximum atomic E-state index is 11.8. The van der Waals surface area contributed by atoms with E-state index in [0.29, 0.717) is 22.4 Å². The zero-order valence-electron chi connectivity index (χ0n) is 11.0. The van der Waals surface area contributed by atoms with Crippen LogP contribution in [0, 0.1) is 0 Å². The molecule has 0 bridgehead atoms. The fourth-order valence-corrected chi connectivity index (χ4v) is 3.11. The van der Waals surface area contributed by atoms with Crippen molar-refractivity contribution >= 4 is 32.5 Å². The molecule has 2 aromatic carbocycles. The highest BCUT2D eigenvalue weighted by Gasteiger charge is 2.16. The van der Waals surface area contributed by atoms with Crippen LogP contribution in [0.5, 0.6) is 5.75 Å². The molecule has 21 heavy (non-hydrogen) atoms. The van der Waals surface area contributed by atoms with Crippen molar-refractivity contribution in [3.8, 4) is 17.1 Å². The molecule has 1 aromatic heterocycles.